The van der Waals surface area contributed by atoms with Crippen molar-refractivity contribution in [2.75, 3.05) is 13.7 Å². The Kier molecular flexibility index (Phi) is 4.50. The molecule has 0 aliphatic rings. The first-order chi connectivity index (χ1) is 7.86. The van der Waals surface area contributed by atoms with Crippen LogP contribution in [-0.4, -0.2) is 28.0 Å². The lowest BCUT2D eigenvalue weighted by atomic mass is 10.2. The molecule has 94 valence electrons. The summed E-state index contributed by atoms with van der Waals surface area (Å²) >= 11 is 5.73. The van der Waals surface area contributed by atoms with Gasteiger partial charge in [0.15, 0.2) is 0 Å². The predicted molar refractivity (Wildman–Crippen MR) is 63.4 cm³/mol. The van der Waals surface area contributed by atoms with Crippen molar-refractivity contribution in [2.24, 2.45) is 0 Å². The Morgan fingerprint density at radius 1 is 1.47 bits per heavy atom. The molecule has 1 aromatic rings. The first-order valence-electron chi connectivity index (χ1n) is 4.69. The molecular formula is C10H12ClNO4S. The summed E-state index contributed by atoms with van der Waals surface area (Å²) in [6.45, 7) is 1.22. The average molecular weight is 278 g/mol. The molecule has 0 unspecified atom stereocenters. The van der Waals surface area contributed by atoms with E-state index in [1.807, 2.05) is 0 Å². The SMILES string of the molecule is COC(=O)CNS(=O)(=O)c1ccc(Cl)cc1C. The van der Waals surface area contributed by atoms with Crippen molar-refractivity contribution >= 4 is 27.6 Å². The van der Waals surface area contributed by atoms with Crippen molar-refractivity contribution in [3.8, 4) is 0 Å². The van der Waals surface area contributed by atoms with Crippen LogP contribution in [0.15, 0.2) is 23.1 Å². The number of esters is 1. The van der Waals surface area contributed by atoms with Crippen molar-refractivity contribution in [1.82, 2.24) is 4.72 Å². The van der Waals surface area contributed by atoms with Crippen LogP contribution in [0.25, 0.3) is 0 Å². The summed E-state index contributed by atoms with van der Waals surface area (Å²) in [6.07, 6.45) is 0. The smallest absolute Gasteiger partial charge is 0.320 e. The van der Waals surface area contributed by atoms with Crippen molar-refractivity contribution in [3.63, 3.8) is 0 Å². The van der Waals surface area contributed by atoms with Crippen LogP contribution in [0.1, 0.15) is 5.56 Å². The highest BCUT2D eigenvalue weighted by atomic mass is 35.5. The van der Waals surface area contributed by atoms with E-state index in [4.69, 9.17) is 11.6 Å². The third-order valence-electron chi connectivity index (χ3n) is 2.06. The van der Waals surface area contributed by atoms with Crippen LogP contribution in [0.4, 0.5) is 0 Å². The normalized spacial score (nSPS) is 11.2. The van der Waals surface area contributed by atoms with Gasteiger partial charge in [-0.2, -0.15) is 4.72 Å². The molecule has 1 aromatic carbocycles. The van der Waals surface area contributed by atoms with Gasteiger partial charge in [0.25, 0.3) is 0 Å². The predicted octanol–water partition coefficient (Wildman–Crippen LogP) is 1.10. The second-order valence-electron chi connectivity index (χ2n) is 3.31. The zero-order valence-corrected chi connectivity index (χ0v) is 10.9. The summed E-state index contributed by atoms with van der Waals surface area (Å²) in [7, 11) is -2.54. The summed E-state index contributed by atoms with van der Waals surface area (Å²) in [5, 5.41) is 0.453. The minimum Gasteiger partial charge on any atom is -0.468 e. The van der Waals surface area contributed by atoms with Gasteiger partial charge in [-0.15, -0.1) is 0 Å². The standard InChI is InChI=1S/C10H12ClNO4S/c1-7-5-8(11)3-4-9(7)17(14,15)12-6-10(13)16-2/h3-5,12H,6H2,1-2H3. The van der Waals surface area contributed by atoms with Gasteiger partial charge in [-0.1, -0.05) is 11.6 Å². The summed E-state index contributed by atoms with van der Waals surface area (Å²) in [5.74, 6) is -0.653. The third kappa shape index (κ3) is 3.69. The summed E-state index contributed by atoms with van der Waals surface area (Å²) in [5.41, 5.74) is 0.509. The minimum absolute atomic E-state index is 0.0887. The zero-order valence-electron chi connectivity index (χ0n) is 9.36. The van der Waals surface area contributed by atoms with Gasteiger partial charge in [-0.25, -0.2) is 8.42 Å². The van der Waals surface area contributed by atoms with Crippen LogP contribution in [0, 0.1) is 6.92 Å². The average Bonchev–Trinajstić information content (AvgIpc) is 2.25. The molecular weight excluding hydrogens is 266 g/mol. The van der Waals surface area contributed by atoms with Gasteiger partial charge in [-0.05, 0) is 30.7 Å². The number of sulfonamides is 1. The van der Waals surface area contributed by atoms with Crippen LogP contribution in [-0.2, 0) is 19.6 Å². The Morgan fingerprint density at radius 3 is 2.65 bits per heavy atom. The molecule has 0 aromatic heterocycles. The van der Waals surface area contributed by atoms with Crippen molar-refractivity contribution in [3.05, 3.63) is 28.8 Å². The fraction of sp³-hybridized carbons (Fsp3) is 0.300. The Labute approximate surface area is 105 Å². The lowest BCUT2D eigenvalue weighted by Gasteiger charge is -2.08. The number of methoxy groups -OCH3 is 1. The monoisotopic (exact) mass is 277 g/mol. The van der Waals surface area contributed by atoms with Gasteiger partial charge >= 0.3 is 5.97 Å². The zero-order chi connectivity index (χ0) is 13.1. The highest BCUT2D eigenvalue weighted by Gasteiger charge is 2.17. The lowest BCUT2D eigenvalue weighted by Crippen LogP contribution is -2.30. The van der Waals surface area contributed by atoms with Crippen LogP contribution in [0.2, 0.25) is 5.02 Å². The molecule has 5 nitrogen and oxygen atoms in total. The summed E-state index contributed by atoms with van der Waals surface area (Å²) in [4.78, 5) is 10.9. The maximum atomic E-state index is 11.8. The topological polar surface area (TPSA) is 72.5 Å². The second kappa shape index (κ2) is 5.48. The molecule has 0 radical (unpaired) electrons. The van der Waals surface area contributed by atoms with Crippen LogP contribution < -0.4 is 4.72 Å². The number of carbonyl (C=O) groups excluding carboxylic acids is 1. The molecule has 0 aliphatic carbocycles. The van der Waals surface area contributed by atoms with Crippen LogP contribution in [0.3, 0.4) is 0 Å². The molecule has 7 heteroatoms. The van der Waals surface area contributed by atoms with Crippen molar-refractivity contribution in [1.29, 1.82) is 0 Å². The summed E-state index contributed by atoms with van der Waals surface area (Å²) in [6, 6.07) is 4.40. The van der Waals surface area contributed by atoms with Gasteiger partial charge in [-0.3, -0.25) is 4.79 Å². The quantitative estimate of drug-likeness (QED) is 0.837. The highest BCUT2D eigenvalue weighted by molar-refractivity contribution is 7.89. The molecule has 17 heavy (non-hydrogen) atoms. The minimum atomic E-state index is -3.72. The van der Waals surface area contributed by atoms with Gasteiger partial charge in [0.1, 0.15) is 6.54 Å². The van der Waals surface area contributed by atoms with Crippen molar-refractivity contribution < 1.29 is 17.9 Å². The molecule has 0 heterocycles. The first-order valence-corrected chi connectivity index (χ1v) is 6.55. The number of benzene rings is 1. The van der Waals surface area contributed by atoms with E-state index in [9.17, 15) is 13.2 Å². The van der Waals surface area contributed by atoms with E-state index < -0.39 is 22.5 Å². The lowest BCUT2D eigenvalue weighted by molar-refractivity contribution is -0.139. The van der Waals surface area contributed by atoms with E-state index in [1.165, 1.54) is 25.3 Å². The second-order valence-corrected chi connectivity index (χ2v) is 5.48. The molecule has 0 saturated heterocycles. The first kappa shape index (κ1) is 14.0. The molecule has 0 saturated carbocycles. The number of hydrogen-bond donors (Lipinski definition) is 1. The van der Waals surface area contributed by atoms with Crippen molar-refractivity contribution in [2.45, 2.75) is 11.8 Å². The van der Waals surface area contributed by atoms with Crippen LogP contribution >= 0.6 is 11.6 Å². The van der Waals surface area contributed by atoms with E-state index in [2.05, 4.69) is 9.46 Å². The molecule has 0 fully saturated rings. The number of carbonyl (C=O) groups is 1. The van der Waals surface area contributed by atoms with Crippen LogP contribution in [0.5, 0.6) is 0 Å². The van der Waals surface area contributed by atoms with Gasteiger partial charge in [0.2, 0.25) is 10.0 Å². The van der Waals surface area contributed by atoms with E-state index in [0.29, 0.717) is 10.6 Å². The fourth-order valence-electron chi connectivity index (χ4n) is 1.22. The Bertz CT molecular complexity index is 527. The van der Waals surface area contributed by atoms with Gasteiger partial charge < -0.3 is 4.74 Å². The van der Waals surface area contributed by atoms with Gasteiger partial charge in [0.05, 0.1) is 12.0 Å². The van der Waals surface area contributed by atoms with E-state index in [1.54, 1.807) is 6.92 Å². The molecule has 0 bridgehead atoms. The Balaban J connectivity index is 2.94. The molecule has 1 rings (SSSR count). The van der Waals surface area contributed by atoms with E-state index in [0.717, 1.165) is 0 Å². The number of aryl methyl sites for hydroxylation is 1. The largest absolute Gasteiger partial charge is 0.468 e. The Hall–Kier alpha value is -1.11. The fourth-order valence-corrected chi connectivity index (χ4v) is 2.64. The number of hydrogen-bond acceptors (Lipinski definition) is 4. The highest BCUT2D eigenvalue weighted by Crippen LogP contribution is 2.19. The summed E-state index contributed by atoms with van der Waals surface area (Å²) < 4.78 is 30.1. The number of nitrogens with one attached hydrogen (secondary N) is 1. The molecule has 0 aliphatic heterocycles. The van der Waals surface area contributed by atoms with Gasteiger partial charge in [0, 0.05) is 5.02 Å². The number of halogens is 1. The Morgan fingerprint density at radius 2 is 2.12 bits per heavy atom. The molecule has 0 amide bonds. The third-order valence-corrected chi connectivity index (χ3v) is 3.86. The maximum absolute atomic E-state index is 11.8. The number of rotatable bonds is 4. The maximum Gasteiger partial charge on any atom is 0.320 e. The van der Waals surface area contributed by atoms with E-state index >= 15 is 0 Å². The molecule has 0 atom stereocenters. The van der Waals surface area contributed by atoms with E-state index in [-0.39, 0.29) is 4.90 Å². The number of ether oxygens (including phenoxy) is 1. The molecule has 1 N–H and O–H groups in total. The molecule has 0 spiro atoms.